The summed E-state index contributed by atoms with van der Waals surface area (Å²) < 4.78 is 6.40. The number of rotatable bonds is 5. The first-order valence-corrected chi connectivity index (χ1v) is 6.54. The molecule has 1 aromatic carbocycles. The smallest absolute Gasteiger partial charge is 0.183 e. The Balaban J connectivity index is 1.69. The highest BCUT2D eigenvalue weighted by atomic mass is 79.9. The van der Waals surface area contributed by atoms with E-state index >= 15 is 0 Å². The van der Waals surface area contributed by atoms with Gasteiger partial charge in [0.25, 0.3) is 0 Å². The summed E-state index contributed by atoms with van der Waals surface area (Å²) in [7, 11) is 0. The Morgan fingerprint density at radius 2 is 2.12 bits per heavy atom. The van der Waals surface area contributed by atoms with Gasteiger partial charge < -0.3 is 10.1 Å². The molecule has 2 rings (SSSR count). The van der Waals surface area contributed by atoms with E-state index < -0.39 is 0 Å². The van der Waals surface area contributed by atoms with Crippen LogP contribution in [0.15, 0.2) is 40.3 Å². The number of nitrogens with zero attached hydrogens (tertiary/aromatic N) is 1. The van der Waals surface area contributed by atoms with Crippen LogP contribution in [0.5, 0.6) is 5.75 Å². The molecule has 0 radical (unpaired) electrons. The van der Waals surface area contributed by atoms with E-state index in [0.29, 0.717) is 6.61 Å². The first-order chi connectivity index (χ1) is 7.84. The van der Waals surface area contributed by atoms with Crippen molar-refractivity contribution in [2.45, 2.75) is 0 Å². The van der Waals surface area contributed by atoms with Gasteiger partial charge in [-0.25, -0.2) is 4.98 Å². The molecule has 1 N–H and O–H groups in total. The number of halogens is 1. The van der Waals surface area contributed by atoms with E-state index in [0.717, 1.165) is 22.0 Å². The van der Waals surface area contributed by atoms with E-state index in [4.69, 9.17) is 4.74 Å². The molecule has 0 aliphatic heterocycles. The normalized spacial score (nSPS) is 10.1. The van der Waals surface area contributed by atoms with Crippen molar-refractivity contribution in [1.29, 1.82) is 0 Å². The van der Waals surface area contributed by atoms with E-state index in [9.17, 15) is 0 Å². The van der Waals surface area contributed by atoms with Crippen molar-refractivity contribution in [3.8, 4) is 5.75 Å². The van der Waals surface area contributed by atoms with Crippen molar-refractivity contribution in [3.05, 3.63) is 40.3 Å². The second kappa shape index (κ2) is 5.86. The number of anilines is 1. The van der Waals surface area contributed by atoms with Gasteiger partial charge in [-0.3, -0.25) is 0 Å². The molecule has 0 bridgehead atoms. The zero-order valence-electron chi connectivity index (χ0n) is 8.52. The molecule has 0 unspecified atom stereocenters. The number of ether oxygens (including phenoxy) is 1. The van der Waals surface area contributed by atoms with Crippen molar-refractivity contribution in [3.63, 3.8) is 0 Å². The fourth-order valence-corrected chi connectivity index (χ4v) is 2.35. The summed E-state index contributed by atoms with van der Waals surface area (Å²) in [6.45, 7) is 1.37. The molecule has 0 aliphatic rings. The standard InChI is InChI=1S/C11H11BrN2OS/c12-10-8-16-11(14-10)13-6-7-15-9-4-2-1-3-5-9/h1-5,8H,6-7H2,(H,13,14). The molecule has 0 spiro atoms. The third-order valence-electron chi connectivity index (χ3n) is 1.87. The number of para-hydroxylation sites is 1. The second-order valence-electron chi connectivity index (χ2n) is 3.06. The van der Waals surface area contributed by atoms with Crippen LogP contribution in [0, 0.1) is 0 Å². The Labute approximate surface area is 107 Å². The maximum atomic E-state index is 5.54. The molecule has 1 heterocycles. The highest BCUT2D eigenvalue weighted by Gasteiger charge is 1.97. The summed E-state index contributed by atoms with van der Waals surface area (Å²) >= 11 is 4.88. The van der Waals surface area contributed by atoms with Crippen LogP contribution in [0.3, 0.4) is 0 Å². The molecule has 0 saturated heterocycles. The number of nitrogens with one attached hydrogen (secondary N) is 1. The van der Waals surface area contributed by atoms with Crippen LogP contribution in [0.2, 0.25) is 0 Å². The molecule has 16 heavy (non-hydrogen) atoms. The number of hydrogen-bond donors (Lipinski definition) is 1. The van der Waals surface area contributed by atoms with Crippen molar-refractivity contribution in [2.75, 3.05) is 18.5 Å². The molecule has 0 amide bonds. The van der Waals surface area contributed by atoms with Crippen LogP contribution in [0.25, 0.3) is 0 Å². The quantitative estimate of drug-likeness (QED) is 0.859. The van der Waals surface area contributed by atoms with Gasteiger partial charge in [0.2, 0.25) is 0 Å². The third kappa shape index (κ3) is 3.50. The lowest BCUT2D eigenvalue weighted by atomic mass is 10.3. The van der Waals surface area contributed by atoms with E-state index in [1.54, 1.807) is 11.3 Å². The number of hydrogen-bond acceptors (Lipinski definition) is 4. The Morgan fingerprint density at radius 3 is 2.81 bits per heavy atom. The molecule has 0 saturated carbocycles. The lowest BCUT2D eigenvalue weighted by molar-refractivity contribution is 0.333. The summed E-state index contributed by atoms with van der Waals surface area (Å²) in [6.07, 6.45) is 0. The maximum Gasteiger partial charge on any atom is 0.183 e. The fraction of sp³-hybridized carbons (Fsp3) is 0.182. The van der Waals surface area contributed by atoms with Crippen LogP contribution >= 0.6 is 27.3 Å². The molecule has 3 nitrogen and oxygen atoms in total. The van der Waals surface area contributed by atoms with E-state index in [1.165, 1.54) is 0 Å². The Morgan fingerprint density at radius 1 is 1.31 bits per heavy atom. The monoisotopic (exact) mass is 298 g/mol. The van der Waals surface area contributed by atoms with Crippen LogP contribution in [-0.4, -0.2) is 18.1 Å². The fourth-order valence-electron chi connectivity index (χ4n) is 1.18. The minimum atomic E-state index is 0.626. The average Bonchev–Trinajstić information content (AvgIpc) is 2.72. The van der Waals surface area contributed by atoms with E-state index in [-0.39, 0.29) is 0 Å². The predicted octanol–water partition coefficient (Wildman–Crippen LogP) is 3.40. The van der Waals surface area contributed by atoms with Gasteiger partial charge in [-0.15, -0.1) is 11.3 Å². The summed E-state index contributed by atoms with van der Waals surface area (Å²) in [4.78, 5) is 4.22. The van der Waals surface area contributed by atoms with Crippen molar-refractivity contribution in [2.24, 2.45) is 0 Å². The highest BCUT2D eigenvalue weighted by molar-refractivity contribution is 9.10. The van der Waals surface area contributed by atoms with Crippen LogP contribution < -0.4 is 10.1 Å². The van der Waals surface area contributed by atoms with Crippen molar-refractivity contribution < 1.29 is 4.74 Å². The molecule has 1 aromatic heterocycles. The zero-order valence-corrected chi connectivity index (χ0v) is 10.9. The van der Waals surface area contributed by atoms with Gasteiger partial charge in [-0.05, 0) is 28.1 Å². The molecule has 84 valence electrons. The van der Waals surface area contributed by atoms with Crippen LogP contribution in [-0.2, 0) is 0 Å². The summed E-state index contributed by atoms with van der Waals surface area (Å²) in [6, 6.07) is 9.78. The molecule has 2 aromatic rings. The Bertz CT molecular complexity index is 433. The summed E-state index contributed by atoms with van der Waals surface area (Å²) in [5.74, 6) is 0.893. The lowest BCUT2D eigenvalue weighted by Gasteiger charge is -2.05. The molecular weight excluding hydrogens is 288 g/mol. The van der Waals surface area contributed by atoms with Gasteiger partial charge in [0.1, 0.15) is 17.0 Å². The molecular formula is C11H11BrN2OS. The van der Waals surface area contributed by atoms with Crippen LogP contribution in [0.4, 0.5) is 5.13 Å². The zero-order chi connectivity index (χ0) is 11.2. The van der Waals surface area contributed by atoms with Gasteiger partial charge in [0.15, 0.2) is 5.13 Å². The number of benzene rings is 1. The highest BCUT2D eigenvalue weighted by Crippen LogP contribution is 2.18. The maximum absolute atomic E-state index is 5.54. The first kappa shape index (κ1) is 11.4. The molecule has 0 atom stereocenters. The van der Waals surface area contributed by atoms with Gasteiger partial charge in [-0.1, -0.05) is 18.2 Å². The van der Waals surface area contributed by atoms with Crippen molar-refractivity contribution >= 4 is 32.4 Å². The largest absolute Gasteiger partial charge is 0.492 e. The molecule has 5 heteroatoms. The predicted molar refractivity (Wildman–Crippen MR) is 70.2 cm³/mol. The third-order valence-corrected chi connectivity index (χ3v) is 3.38. The molecule has 0 aliphatic carbocycles. The minimum absolute atomic E-state index is 0.626. The number of aromatic nitrogens is 1. The first-order valence-electron chi connectivity index (χ1n) is 4.87. The van der Waals surface area contributed by atoms with Gasteiger partial charge in [0, 0.05) is 5.38 Å². The van der Waals surface area contributed by atoms with Gasteiger partial charge >= 0.3 is 0 Å². The van der Waals surface area contributed by atoms with Crippen LogP contribution in [0.1, 0.15) is 0 Å². The minimum Gasteiger partial charge on any atom is -0.492 e. The number of thiazole rings is 1. The Hall–Kier alpha value is -1.07. The molecule has 0 fully saturated rings. The summed E-state index contributed by atoms with van der Waals surface area (Å²) in [5, 5.41) is 6.04. The second-order valence-corrected chi connectivity index (χ2v) is 4.73. The van der Waals surface area contributed by atoms with Gasteiger partial charge in [0.05, 0.1) is 6.54 Å². The summed E-state index contributed by atoms with van der Waals surface area (Å²) in [5.41, 5.74) is 0. The Kier molecular flexibility index (Phi) is 4.18. The average molecular weight is 299 g/mol. The van der Waals surface area contributed by atoms with Gasteiger partial charge in [-0.2, -0.15) is 0 Å². The van der Waals surface area contributed by atoms with E-state index in [2.05, 4.69) is 26.2 Å². The van der Waals surface area contributed by atoms with Crippen molar-refractivity contribution in [1.82, 2.24) is 4.98 Å². The lowest BCUT2D eigenvalue weighted by Crippen LogP contribution is -2.11. The SMILES string of the molecule is Brc1csc(NCCOc2ccccc2)n1. The van der Waals surface area contributed by atoms with E-state index in [1.807, 2.05) is 35.7 Å². The topological polar surface area (TPSA) is 34.1 Å².